The summed E-state index contributed by atoms with van der Waals surface area (Å²) in [6.07, 6.45) is 4.02. The molecule has 0 aromatic carbocycles. The van der Waals surface area contributed by atoms with Gasteiger partial charge in [-0.05, 0) is 46.6 Å². The van der Waals surface area contributed by atoms with E-state index in [2.05, 4.69) is 62.7 Å². The Hall–Kier alpha value is -1.13. The molecule has 3 heterocycles. The third-order valence-electron chi connectivity index (χ3n) is 2.47. The van der Waals surface area contributed by atoms with Gasteiger partial charge in [0.2, 0.25) is 0 Å². The Morgan fingerprint density at radius 3 is 2.88 bits per heavy atom. The Kier molecular flexibility index (Phi) is 2.33. The molecule has 0 spiro atoms. The highest BCUT2D eigenvalue weighted by atomic mass is 79.9. The van der Waals surface area contributed by atoms with Gasteiger partial charge in [-0.2, -0.15) is 0 Å². The van der Waals surface area contributed by atoms with Crippen molar-refractivity contribution in [3.63, 3.8) is 0 Å². The van der Waals surface area contributed by atoms with Crippen LogP contribution in [0, 0.1) is 6.92 Å². The number of imidazole rings is 1. The molecule has 0 aliphatic rings. The van der Waals surface area contributed by atoms with Gasteiger partial charge in [0.25, 0.3) is 0 Å². The molecule has 0 saturated heterocycles. The lowest BCUT2D eigenvalue weighted by Gasteiger charge is -1.99. The highest BCUT2D eigenvalue weighted by molar-refractivity contribution is 9.11. The molecule has 0 fully saturated rings. The van der Waals surface area contributed by atoms with Gasteiger partial charge in [-0.3, -0.25) is 4.40 Å². The second-order valence-electron chi connectivity index (χ2n) is 3.69. The van der Waals surface area contributed by atoms with Crippen LogP contribution in [0.25, 0.3) is 16.2 Å². The molecule has 0 aliphatic heterocycles. The summed E-state index contributed by atoms with van der Waals surface area (Å²) in [7, 11) is 0. The summed E-state index contributed by atoms with van der Waals surface area (Å²) in [5.41, 5.74) is 2.37. The molecule has 0 bridgehead atoms. The minimum Gasteiger partial charge on any atom is -0.299 e. The zero-order valence-electron chi connectivity index (χ0n) is 8.64. The van der Waals surface area contributed by atoms with E-state index in [-0.39, 0.29) is 0 Å². The lowest BCUT2D eigenvalue weighted by molar-refractivity contribution is 1.15. The highest BCUT2D eigenvalue weighted by Crippen LogP contribution is 2.30. The number of nitrogens with zero attached hydrogens (tertiary/aromatic N) is 2. The van der Waals surface area contributed by atoms with Gasteiger partial charge in [-0.25, -0.2) is 4.98 Å². The number of halogens is 1. The highest BCUT2D eigenvalue weighted by Gasteiger charge is 2.08. The summed E-state index contributed by atoms with van der Waals surface area (Å²) in [5.74, 6) is 1.01. The van der Waals surface area contributed by atoms with Gasteiger partial charge >= 0.3 is 0 Å². The third kappa shape index (κ3) is 1.58. The van der Waals surface area contributed by atoms with Gasteiger partial charge < -0.3 is 0 Å². The quantitative estimate of drug-likeness (QED) is 0.659. The molecule has 0 atom stereocenters. The molecule has 0 N–H and O–H groups in total. The van der Waals surface area contributed by atoms with E-state index in [0.29, 0.717) is 0 Å². The summed E-state index contributed by atoms with van der Waals surface area (Å²) in [6, 6.07) is 8.34. The molecular formula is C12H9BrN2S. The average Bonchev–Trinajstić information content (AvgIpc) is 2.83. The van der Waals surface area contributed by atoms with Crippen molar-refractivity contribution in [3.05, 3.63) is 46.0 Å². The normalized spacial score (nSPS) is 11.1. The maximum absolute atomic E-state index is 4.47. The Labute approximate surface area is 106 Å². The van der Waals surface area contributed by atoms with E-state index in [1.54, 1.807) is 11.3 Å². The van der Waals surface area contributed by atoms with Crippen LogP contribution in [0.4, 0.5) is 0 Å². The molecule has 3 aromatic rings. The van der Waals surface area contributed by atoms with Crippen LogP contribution in [-0.2, 0) is 0 Å². The standard InChI is InChI=1S/C12H9BrN2S/c1-8-2-3-9-6-14-12(15(9)7-8)10-4-5-11(13)16-10/h2-7H,1H3. The molecule has 0 radical (unpaired) electrons. The molecule has 0 aliphatic carbocycles. The molecule has 0 amide bonds. The Balaban J connectivity index is 2.27. The zero-order valence-corrected chi connectivity index (χ0v) is 11.0. The number of hydrogen-bond acceptors (Lipinski definition) is 2. The second-order valence-corrected chi connectivity index (χ2v) is 6.15. The van der Waals surface area contributed by atoms with Crippen LogP contribution in [0.2, 0.25) is 0 Å². The molecule has 3 rings (SSSR count). The van der Waals surface area contributed by atoms with Crippen molar-refractivity contribution in [2.24, 2.45) is 0 Å². The summed E-state index contributed by atoms with van der Waals surface area (Å²) in [5, 5.41) is 0. The predicted octanol–water partition coefficient (Wildman–Crippen LogP) is 4.13. The first-order valence-corrected chi connectivity index (χ1v) is 6.54. The van der Waals surface area contributed by atoms with Crippen molar-refractivity contribution in [1.29, 1.82) is 0 Å². The van der Waals surface area contributed by atoms with Crippen LogP contribution in [0.15, 0.2) is 40.4 Å². The first-order valence-electron chi connectivity index (χ1n) is 4.93. The van der Waals surface area contributed by atoms with E-state index in [4.69, 9.17) is 0 Å². The second kappa shape index (κ2) is 3.71. The molecule has 16 heavy (non-hydrogen) atoms. The van der Waals surface area contributed by atoms with E-state index < -0.39 is 0 Å². The molecule has 0 saturated carbocycles. The van der Waals surface area contributed by atoms with Gasteiger partial charge in [0, 0.05) is 6.20 Å². The smallest absolute Gasteiger partial charge is 0.154 e. The summed E-state index contributed by atoms with van der Waals surface area (Å²) < 4.78 is 3.26. The van der Waals surface area contributed by atoms with Crippen LogP contribution < -0.4 is 0 Å². The van der Waals surface area contributed by atoms with Gasteiger partial charge in [-0.1, -0.05) is 6.07 Å². The average molecular weight is 293 g/mol. The first kappa shape index (κ1) is 10.1. The van der Waals surface area contributed by atoms with Crippen LogP contribution in [-0.4, -0.2) is 9.38 Å². The lowest BCUT2D eigenvalue weighted by Crippen LogP contribution is -1.88. The molecule has 2 nitrogen and oxygen atoms in total. The molecule has 3 aromatic heterocycles. The van der Waals surface area contributed by atoms with E-state index in [9.17, 15) is 0 Å². The minimum absolute atomic E-state index is 1.01. The van der Waals surface area contributed by atoms with Crippen LogP contribution in [0.5, 0.6) is 0 Å². The number of fused-ring (bicyclic) bond motifs is 1. The van der Waals surface area contributed by atoms with Crippen molar-refractivity contribution in [2.45, 2.75) is 6.92 Å². The summed E-state index contributed by atoms with van der Waals surface area (Å²) in [6.45, 7) is 2.09. The van der Waals surface area contributed by atoms with Crippen molar-refractivity contribution in [2.75, 3.05) is 0 Å². The Bertz CT molecular complexity index is 654. The fourth-order valence-corrected chi connectivity index (χ4v) is 3.09. The van der Waals surface area contributed by atoms with Gasteiger partial charge in [-0.15, -0.1) is 11.3 Å². The van der Waals surface area contributed by atoms with Crippen LogP contribution in [0.1, 0.15) is 5.56 Å². The summed E-state index contributed by atoms with van der Waals surface area (Å²) in [4.78, 5) is 5.65. The largest absolute Gasteiger partial charge is 0.299 e. The van der Waals surface area contributed by atoms with E-state index in [1.165, 1.54) is 10.4 Å². The number of thiophene rings is 1. The van der Waals surface area contributed by atoms with Crippen molar-refractivity contribution < 1.29 is 0 Å². The van der Waals surface area contributed by atoms with Crippen LogP contribution >= 0.6 is 27.3 Å². The van der Waals surface area contributed by atoms with Crippen molar-refractivity contribution in [3.8, 4) is 10.7 Å². The number of pyridine rings is 1. The number of hydrogen-bond donors (Lipinski definition) is 0. The first-order chi connectivity index (χ1) is 7.74. The molecule has 4 heteroatoms. The fourth-order valence-electron chi connectivity index (χ4n) is 1.71. The zero-order chi connectivity index (χ0) is 11.1. The third-order valence-corrected chi connectivity index (χ3v) is 4.09. The van der Waals surface area contributed by atoms with E-state index >= 15 is 0 Å². The lowest BCUT2D eigenvalue weighted by atomic mass is 10.3. The van der Waals surface area contributed by atoms with E-state index in [1.807, 2.05) is 6.20 Å². The predicted molar refractivity (Wildman–Crippen MR) is 70.9 cm³/mol. The Morgan fingerprint density at radius 2 is 2.12 bits per heavy atom. The van der Waals surface area contributed by atoms with Gasteiger partial charge in [0.15, 0.2) is 5.82 Å². The topological polar surface area (TPSA) is 17.3 Å². The number of aryl methyl sites for hydroxylation is 1. The monoisotopic (exact) mass is 292 g/mol. The van der Waals surface area contributed by atoms with Crippen LogP contribution in [0.3, 0.4) is 0 Å². The fraction of sp³-hybridized carbons (Fsp3) is 0.0833. The van der Waals surface area contributed by atoms with E-state index in [0.717, 1.165) is 15.1 Å². The maximum Gasteiger partial charge on any atom is 0.154 e. The minimum atomic E-state index is 1.01. The maximum atomic E-state index is 4.47. The molecule has 80 valence electrons. The number of aromatic nitrogens is 2. The Morgan fingerprint density at radius 1 is 1.25 bits per heavy atom. The van der Waals surface area contributed by atoms with Gasteiger partial charge in [0.05, 0.1) is 20.4 Å². The van der Waals surface area contributed by atoms with Crippen molar-refractivity contribution in [1.82, 2.24) is 9.38 Å². The van der Waals surface area contributed by atoms with Crippen molar-refractivity contribution >= 4 is 32.8 Å². The molecular weight excluding hydrogens is 284 g/mol. The van der Waals surface area contributed by atoms with Gasteiger partial charge in [0.1, 0.15) is 0 Å². The molecule has 0 unspecified atom stereocenters. The number of rotatable bonds is 1. The SMILES string of the molecule is Cc1ccc2cnc(-c3ccc(Br)s3)n2c1. The summed E-state index contributed by atoms with van der Waals surface area (Å²) >= 11 is 5.18.